The Bertz CT molecular complexity index is 915. The molecular formula is C18H20N6O. The first kappa shape index (κ1) is 15.4. The molecule has 3 aromatic rings. The van der Waals surface area contributed by atoms with Crippen LogP contribution in [-0.2, 0) is 20.0 Å². The van der Waals surface area contributed by atoms with E-state index >= 15 is 0 Å². The predicted octanol–water partition coefficient (Wildman–Crippen LogP) is 2.45. The first-order valence-electron chi connectivity index (χ1n) is 8.37. The lowest BCUT2D eigenvalue weighted by atomic mass is 10.1. The minimum absolute atomic E-state index is 0.271. The van der Waals surface area contributed by atoms with Crippen LogP contribution in [0.2, 0.25) is 0 Å². The third-order valence-corrected chi connectivity index (χ3v) is 4.55. The van der Waals surface area contributed by atoms with E-state index in [4.69, 9.17) is 10.7 Å². The van der Waals surface area contributed by atoms with Crippen LogP contribution in [0.15, 0.2) is 36.7 Å². The van der Waals surface area contributed by atoms with Crippen LogP contribution in [0.5, 0.6) is 0 Å². The third kappa shape index (κ3) is 2.88. The number of amides is 1. The molecule has 0 atom stereocenters. The number of anilines is 2. The van der Waals surface area contributed by atoms with Crippen LogP contribution in [0.3, 0.4) is 0 Å². The van der Waals surface area contributed by atoms with E-state index in [9.17, 15) is 4.79 Å². The molecule has 0 unspecified atom stereocenters. The van der Waals surface area contributed by atoms with Gasteiger partial charge in [-0.2, -0.15) is 5.10 Å². The number of hydrogen-bond acceptors (Lipinski definition) is 4. The van der Waals surface area contributed by atoms with E-state index in [-0.39, 0.29) is 5.91 Å². The van der Waals surface area contributed by atoms with Crippen LogP contribution in [0.25, 0.3) is 11.3 Å². The molecule has 7 heteroatoms. The van der Waals surface area contributed by atoms with Crippen LogP contribution in [0.1, 0.15) is 29.0 Å². The van der Waals surface area contributed by atoms with E-state index in [2.05, 4.69) is 21.2 Å². The van der Waals surface area contributed by atoms with Crippen LogP contribution in [0, 0.1) is 0 Å². The van der Waals surface area contributed by atoms with Crippen molar-refractivity contribution in [3.63, 3.8) is 0 Å². The molecule has 1 aliphatic heterocycles. The summed E-state index contributed by atoms with van der Waals surface area (Å²) in [6.07, 6.45) is 6.98. The average Bonchev–Trinajstić information content (AvgIpc) is 3.19. The Hall–Kier alpha value is -3.09. The molecule has 0 radical (unpaired) electrons. The van der Waals surface area contributed by atoms with E-state index in [1.807, 2.05) is 24.3 Å². The zero-order valence-corrected chi connectivity index (χ0v) is 14.1. The summed E-state index contributed by atoms with van der Waals surface area (Å²) in [5.41, 5.74) is 8.86. The Morgan fingerprint density at radius 2 is 2.20 bits per heavy atom. The van der Waals surface area contributed by atoms with Gasteiger partial charge in [0.15, 0.2) is 0 Å². The van der Waals surface area contributed by atoms with Gasteiger partial charge >= 0.3 is 0 Å². The van der Waals surface area contributed by atoms with E-state index in [1.165, 1.54) is 23.7 Å². The second-order valence-electron chi connectivity index (χ2n) is 6.29. The molecule has 1 aliphatic rings. The van der Waals surface area contributed by atoms with Crippen molar-refractivity contribution in [2.45, 2.75) is 25.8 Å². The lowest BCUT2D eigenvalue weighted by Gasteiger charge is -2.11. The maximum atomic E-state index is 12.4. The minimum Gasteiger partial charge on any atom is -0.383 e. The maximum Gasteiger partial charge on any atom is 0.261 e. The Labute approximate surface area is 145 Å². The molecule has 25 heavy (non-hydrogen) atoms. The first-order valence-corrected chi connectivity index (χ1v) is 8.37. The van der Waals surface area contributed by atoms with Gasteiger partial charge in [-0.3, -0.25) is 9.48 Å². The second kappa shape index (κ2) is 6.08. The number of imidazole rings is 1. The normalized spacial score (nSPS) is 13.5. The lowest BCUT2D eigenvalue weighted by Crippen LogP contribution is -2.13. The summed E-state index contributed by atoms with van der Waals surface area (Å²) < 4.78 is 3.70. The lowest BCUT2D eigenvalue weighted by molar-refractivity contribution is 0.102. The molecule has 0 saturated carbocycles. The molecule has 128 valence electrons. The fraction of sp³-hybridized carbons (Fsp3) is 0.278. The van der Waals surface area contributed by atoms with Crippen molar-refractivity contribution < 1.29 is 4.79 Å². The number of hydrogen-bond donors (Lipinski definition) is 2. The summed E-state index contributed by atoms with van der Waals surface area (Å²) in [5, 5.41) is 6.88. The SMILES string of the molecule is Cn1ncc(C(=O)Nc2cccc(-c3cn4c(n3)CCCC4)c2)c1N. The van der Waals surface area contributed by atoms with Gasteiger partial charge in [0.25, 0.3) is 5.91 Å². The van der Waals surface area contributed by atoms with Crippen molar-refractivity contribution in [1.29, 1.82) is 0 Å². The van der Waals surface area contributed by atoms with Gasteiger partial charge in [-0.1, -0.05) is 12.1 Å². The highest BCUT2D eigenvalue weighted by atomic mass is 16.1. The molecule has 3 N–H and O–H groups in total. The van der Waals surface area contributed by atoms with Crippen molar-refractivity contribution in [2.75, 3.05) is 11.1 Å². The monoisotopic (exact) mass is 336 g/mol. The smallest absolute Gasteiger partial charge is 0.261 e. The number of carbonyl (C=O) groups excluding carboxylic acids is 1. The van der Waals surface area contributed by atoms with Crippen LogP contribution < -0.4 is 11.1 Å². The van der Waals surface area contributed by atoms with E-state index < -0.39 is 0 Å². The minimum atomic E-state index is -0.271. The number of nitrogens with one attached hydrogen (secondary N) is 1. The van der Waals surface area contributed by atoms with Crippen LogP contribution in [0.4, 0.5) is 11.5 Å². The number of fused-ring (bicyclic) bond motifs is 1. The fourth-order valence-electron chi connectivity index (χ4n) is 3.13. The van der Waals surface area contributed by atoms with Gasteiger partial charge in [-0.15, -0.1) is 0 Å². The topological polar surface area (TPSA) is 90.8 Å². The molecule has 0 bridgehead atoms. The highest BCUT2D eigenvalue weighted by Crippen LogP contribution is 2.25. The molecular weight excluding hydrogens is 316 g/mol. The Morgan fingerprint density at radius 3 is 2.96 bits per heavy atom. The van der Waals surface area contributed by atoms with Crippen molar-refractivity contribution in [1.82, 2.24) is 19.3 Å². The highest BCUT2D eigenvalue weighted by Gasteiger charge is 2.16. The van der Waals surface area contributed by atoms with Gasteiger partial charge in [-0.05, 0) is 25.0 Å². The summed E-state index contributed by atoms with van der Waals surface area (Å²) >= 11 is 0. The van der Waals surface area contributed by atoms with Gasteiger partial charge < -0.3 is 15.6 Å². The van der Waals surface area contributed by atoms with E-state index in [0.29, 0.717) is 17.1 Å². The molecule has 3 heterocycles. The fourth-order valence-corrected chi connectivity index (χ4v) is 3.13. The number of rotatable bonds is 3. The molecule has 0 fully saturated rings. The number of benzene rings is 1. The number of nitrogens with zero attached hydrogens (tertiary/aromatic N) is 4. The van der Waals surface area contributed by atoms with Gasteiger partial charge in [0.2, 0.25) is 0 Å². The standard InChI is InChI=1S/C18H20N6O/c1-23-17(19)14(10-20-23)18(25)21-13-6-4-5-12(9-13)15-11-24-8-3-2-7-16(24)22-15/h4-6,9-11H,2-3,7-8,19H2,1H3,(H,21,25). The number of nitrogen functional groups attached to an aromatic ring is 1. The van der Waals surface area contributed by atoms with Gasteiger partial charge in [0, 0.05) is 37.5 Å². The Morgan fingerprint density at radius 1 is 1.32 bits per heavy atom. The molecule has 7 nitrogen and oxygen atoms in total. The zero-order chi connectivity index (χ0) is 17.4. The van der Waals surface area contributed by atoms with Crippen molar-refractivity contribution in [2.24, 2.45) is 7.05 Å². The maximum absolute atomic E-state index is 12.4. The number of aryl methyl sites for hydroxylation is 3. The van der Waals surface area contributed by atoms with E-state index in [1.54, 1.807) is 7.05 Å². The average molecular weight is 336 g/mol. The van der Waals surface area contributed by atoms with Crippen molar-refractivity contribution >= 4 is 17.4 Å². The summed E-state index contributed by atoms with van der Waals surface area (Å²) in [6.45, 7) is 1.03. The second-order valence-corrected chi connectivity index (χ2v) is 6.29. The molecule has 1 aromatic carbocycles. The molecule has 0 aliphatic carbocycles. The number of nitrogens with two attached hydrogens (primary N) is 1. The molecule has 1 amide bonds. The van der Waals surface area contributed by atoms with Crippen molar-refractivity contribution in [3.8, 4) is 11.3 Å². The molecule has 0 spiro atoms. The van der Waals surface area contributed by atoms with Crippen LogP contribution in [-0.4, -0.2) is 25.2 Å². The molecule has 4 rings (SSSR count). The van der Waals surface area contributed by atoms with E-state index in [0.717, 1.165) is 30.0 Å². The summed E-state index contributed by atoms with van der Waals surface area (Å²) in [5.74, 6) is 1.21. The molecule has 0 saturated heterocycles. The predicted molar refractivity (Wildman–Crippen MR) is 96.2 cm³/mol. The first-order chi connectivity index (χ1) is 12.1. The largest absolute Gasteiger partial charge is 0.383 e. The Balaban J connectivity index is 1.58. The number of carbonyl (C=O) groups is 1. The highest BCUT2D eigenvalue weighted by molar-refractivity contribution is 6.07. The third-order valence-electron chi connectivity index (χ3n) is 4.55. The van der Waals surface area contributed by atoms with Gasteiger partial charge in [0.1, 0.15) is 17.2 Å². The summed E-state index contributed by atoms with van der Waals surface area (Å²) in [7, 11) is 1.70. The van der Waals surface area contributed by atoms with Crippen LogP contribution >= 0.6 is 0 Å². The zero-order valence-electron chi connectivity index (χ0n) is 14.1. The number of aromatic nitrogens is 4. The summed E-state index contributed by atoms with van der Waals surface area (Å²) in [6, 6.07) is 7.70. The summed E-state index contributed by atoms with van der Waals surface area (Å²) in [4.78, 5) is 17.1. The van der Waals surface area contributed by atoms with Gasteiger partial charge in [0.05, 0.1) is 11.9 Å². The Kier molecular flexibility index (Phi) is 3.76. The van der Waals surface area contributed by atoms with Gasteiger partial charge in [-0.25, -0.2) is 4.98 Å². The van der Waals surface area contributed by atoms with Crippen molar-refractivity contribution in [3.05, 3.63) is 48.0 Å². The quantitative estimate of drug-likeness (QED) is 0.768. The molecule has 2 aromatic heterocycles.